The molecular weight excluding hydrogens is 420 g/mol. The van der Waals surface area contributed by atoms with Gasteiger partial charge in [-0.05, 0) is 80.0 Å². The van der Waals surface area contributed by atoms with Crippen molar-refractivity contribution in [3.8, 4) is 0 Å². The molecule has 186 valence electrons. The smallest absolute Gasteiger partial charge is 0.139 e. The molecule has 1 heterocycles. The summed E-state index contributed by atoms with van der Waals surface area (Å²) in [5, 5.41) is 40.1. The van der Waals surface area contributed by atoms with E-state index in [9.17, 15) is 25.2 Å². The van der Waals surface area contributed by atoms with Gasteiger partial charge in [0.05, 0.1) is 12.7 Å². The van der Waals surface area contributed by atoms with E-state index >= 15 is 0 Å². The molecule has 0 radical (unpaired) electrons. The van der Waals surface area contributed by atoms with Crippen LogP contribution in [0.25, 0.3) is 0 Å². The highest BCUT2D eigenvalue weighted by Gasteiger charge is 2.59. The number of hydrogen-bond donors (Lipinski definition) is 4. The predicted octanol–water partition coefficient (Wildman–Crippen LogP) is 2.76. The van der Waals surface area contributed by atoms with Gasteiger partial charge in [0.25, 0.3) is 0 Å². The predicted molar refractivity (Wildman–Crippen MR) is 123 cm³/mol. The highest BCUT2D eigenvalue weighted by atomic mass is 16.5. The molecule has 1 saturated heterocycles. The van der Waals surface area contributed by atoms with Crippen LogP contribution in [0.5, 0.6) is 0 Å². The van der Waals surface area contributed by atoms with Crippen molar-refractivity contribution in [1.82, 2.24) is 0 Å². The maximum Gasteiger partial charge on any atom is 0.139 e. The van der Waals surface area contributed by atoms with Crippen molar-refractivity contribution in [2.45, 2.75) is 109 Å². The van der Waals surface area contributed by atoms with Crippen molar-refractivity contribution in [3.05, 3.63) is 11.6 Å². The zero-order chi connectivity index (χ0) is 23.5. The van der Waals surface area contributed by atoms with Crippen LogP contribution in [0.15, 0.2) is 11.6 Å². The SMILES string of the molecule is C[C@]12CC[C@H]3[C@@H](CC=C4CCCC[C@@]43C)[C@@H]1CC[C@@H]2C(=O)C[C@@H]1O[C@H](CO)[C@@H](O)[C@H](O)[C@H]1O. The number of hydrogen-bond acceptors (Lipinski definition) is 6. The molecular formula is C27H42O6. The maximum atomic E-state index is 13.5. The van der Waals surface area contributed by atoms with Crippen molar-refractivity contribution < 1.29 is 30.0 Å². The third kappa shape index (κ3) is 3.67. The first-order chi connectivity index (χ1) is 15.7. The molecule has 6 nitrogen and oxygen atoms in total. The van der Waals surface area contributed by atoms with Crippen molar-refractivity contribution in [1.29, 1.82) is 0 Å². The van der Waals surface area contributed by atoms with Gasteiger partial charge in [-0.3, -0.25) is 4.79 Å². The zero-order valence-corrected chi connectivity index (χ0v) is 20.2. The quantitative estimate of drug-likeness (QED) is 0.479. The Kier molecular flexibility index (Phi) is 6.31. The van der Waals surface area contributed by atoms with E-state index in [4.69, 9.17) is 4.74 Å². The lowest BCUT2D eigenvalue weighted by Crippen LogP contribution is -2.59. The number of Topliss-reactive ketones (excluding diaryl/α,β-unsaturated/α-hetero) is 1. The average Bonchev–Trinajstić information content (AvgIpc) is 3.16. The Bertz CT molecular complexity index is 793. The van der Waals surface area contributed by atoms with Gasteiger partial charge in [-0.25, -0.2) is 0 Å². The fourth-order valence-electron chi connectivity index (χ4n) is 8.91. The molecule has 0 aromatic rings. The molecule has 4 fully saturated rings. The lowest BCUT2D eigenvalue weighted by atomic mass is 9.47. The molecule has 0 amide bonds. The number of fused-ring (bicyclic) bond motifs is 5. The van der Waals surface area contributed by atoms with E-state index in [-0.39, 0.29) is 23.5 Å². The van der Waals surface area contributed by atoms with Gasteiger partial charge in [0, 0.05) is 12.3 Å². The van der Waals surface area contributed by atoms with Gasteiger partial charge >= 0.3 is 0 Å². The first kappa shape index (κ1) is 23.9. The number of carbonyl (C=O) groups is 1. The van der Waals surface area contributed by atoms with Crippen LogP contribution in [0.1, 0.15) is 78.1 Å². The molecule has 0 unspecified atom stereocenters. The summed E-state index contributed by atoms with van der Waals surface area (Å²) in [5.74, 6) is 1.98. The standard InChI is InChI=1S/C27H42O6/c1-26-11-4-3-5-15(26)6-7-16-17-8-9-19(27(17,2)12-10-18(16)26)20(29)13-21-23(30)25(32)24(31)22(14-28)33-21/h6,16-19,21-25,28,30-32H,3-5,7-14H2,1-2H3/t16-,17-,18-,19+,21-,22+,23-,24+,25+,26-,27-/m0/s1. The maximum absolute atomic E-state index is 13.5. The third-order valence-corrected chi connectivity index (χ3v) is 10.8. The van der Waals surface area contributed by atoms with Crippen molar-refractivity contribution in [2.24, 2.45) is 34.5 Å². The minimum Gasteiger partial charge on any atom is -0.394 e. The Morgan fingerprint density at radius 3 is 2.52 bits per heavy atom. The van der Waals surface area contributed by atoms with E-state index < -0.39 is 37.1 Å². The number of aliphatic hydroxyl groups is 4. The van der Waals surface area contributed by atoms with Crippen LogP contribution in [0.3, 0.4) is 0 Å². The third-order valence-electron chi connectivity index (χ3n) is 10.8. The monoisotopic (exact) mass is 462 g/mol. The average molecular weight is 463 g/mol. The van der Waals surface area contributed by atoms with Crippen LogP contribution in [0.2, 0.25) is 0 Å². The van der Waals surface area contributed by atoms with E-state index in [0.29, 0.717) is 17.3 Å². The topological polar surface area (TPSA) is 107 Å². The Morgan fingerprint density at radius 2 is 1.76 bits per heavy atom. The second-order valence-electron chi connectivity index (χ2n) is 12.2. The molecule has 11 atom stereocenters. The normalized spacial score (nSPS) is 51.8. The highest BCUT2D eigenvalue weighted by molar-refractivity contribution is 5.82. The molecule has 6 heteroatoms. The first-order valence-corrected chi connectivity index (χ1v) is 13.2. The molecule has 0 spiro atoms. The van der Waals surface area contributed by atoms with E-state index in [1.165, 1.54) is 32.1 Å². The van der Waals surface area contributed by atoms with Gasteiger partial charge < -0.3 is 25.2 Å². The van der Waals surface area contributed by atoms with Gasteiger partial charge in [-0.1, -0.05) is 31.9 Å². The lowest BCUT2D eigenvalue weighted by Gasteiger charge is -2.57. The summed E-state index contributed by atoms with van der Waals surface area (Å²) in [4.78, 5) is 13.5. The molecule has 1 aliphatic heterocycles. The van der Waals surface area contributed by atoms with Crippen LogP contribution in [0, 0.1) is 34.5 Å². The Morgan fingerprint density at radius 1 is 1.00 bits per heavy atom. The minimum atomic E-state index is -1.42. The Hall–Kier alpha value is -0.790. The second-order valence-corrected chi connectivity index (χ2v) is 12.2. The zero-order valence-electron chi connectivity index (χ0n) is 20.2. The van der Waals surface area contributed by atoms with E-state index in [1.54, 1.807) is 5.57 Å². The molecule has 0 bridgehead atoms. The van der Waals surface area contributed by atoms with Crippen LogP contribution in [0.4, 0.5) is 0 Å². The van der Waals surface area contributed by atoms with Crippen molar-refractivity contribution >= 4 is 5.78 Å². The number of rotatable bonds is 4. The molecule has 4 N–H and O–H groups in total. The molecule has 33 heavy (non-hydrogen) atoms. The summed E-state index contributed by atoms with van der Waals surface area (Å²) in [6.07, 6.45) is 7.21. The highest BCUT2D eigenvalue weighted by Crippen LogP contribution is 2.66. The van der Waals surface area contributed by atoms with Gasteiger partial charge in [0.2, 0.25) is 0 Å². The minimum absolute atomic E-state index is 0.0181. The van der Waals surface area contributed by atoms with E-state index in [0.717, 1.165) is 31.6 Å². The Balaban J connectivity index is 1.31. The number of ether oxygens (including phenoxy) is 1. The number of ketones is 1. The summed E-state index contributed by atoms with van der Waals surface area (Å²) >= 11 is 0. The number of allylic oxidation sites excluding steroid dienone is 2. The van der Waals surface area contributed by atoms with Crippen LogP contribution in [-0.2, 0) is 9.53 Å². The molecule has 3 saturated carbocycles. The lowest BCUT2D eigenvalue weighted by molar-refractivity contribution is -0.230. The first-order valence-electron chi connectivity index (χ1n) is 13.2. The van der Waals surface area contributed by atoms with Gasteiger partial charge in [0.1, 0.15) is 30.2 Å². The van der Waals surface area contributed by atoms with Gasteiger partial charge in [-0.2, -0.15) is 0 Å². The van der Waals surface area contributed by atoms with E-state index in [1.807, 2.05) is 0 Å². The molecule has 0 aromatic heterocycles. The largest absolute Gasteiger partial charge is 0.394 e. The fourth-order valence-corrected chi connectivity index (χ4v) is 8.91. The molecule has 5 aliphatic rings. The fraction of sp³-hybridized carbons (Fsp3) is 0.889. The Labute approximate surface area is 197 Å². The van der Waals surface area contributed by atoms with Gasteiger partial charge in [-0.15, -0.1) is 0 Å². The number of carbonyl (C=O) groups excluding carboxylic acids is 1. The second kappa shape index (κ2) is 8.70. The van der Waals surface area contributed by atoms with Gasteiger partial charge in [0.15, 0.2) is 0 Å². The van der Waals surface area contributed by atoms with Crippen molar-refractivity contribution in [2.75, 3.05) is 6.61 Å². The molecule has 4 aliphatic carbocycles. The number of aliphatic hydroxyl groups excluding tert-OH is 4. The summed E-state index contributed by atoms with van der Waals surface area (Å²) < 4.78 is 5.65. The van der Waals surface area contributed by atoms with Crippen molar-refractivity contribution in [3.63, 3.8) is 0 Å². The van der Waals surface area contributed by atoms with E-state index in [2.05, 4.69) is 19.9 Å². The molecule has 0 aromatic carbocycles. The van der Waals surface area contributed by atoms with Crippen LogP contribution in [-0.4, -0.2) is 63.3 Å². The van der Waals surface area contributed by atoms with Crippen LogP contribution >= 0.6 is 0 Å². The van der Waals surface area contributed by atoms with Crippen LogP contribution < -0.4 is 0 Å². The summed E-state index contributed by atoms with van der Waals surface area (Å²) in [7, 11) is 0. The molecule has 5 rings (SSSR count). The summed E-state index contributed by atoms with van der Waals surface area (Å²) in [5.41, 5.74) is 2.02. The summed E-state index contributed by atoms with van der Waals surface area (Å²) in [6, 6.07) is 0. The summed E-state index contributed by atoms with van der Waals surface area (Å²) in [6.45, 7) is 4.36.